The van der Waals surface area contributed by atoms with Gasteiger partial charge in [0.2, 0.25) is 0 Å². The lowest BCUT2D eigenvalue weighted by Gasteiger charge is -2.34. The van der Waals surface area contributed by atoms with E-state index in [0.29, 0.717) is 25.2 Å². The molecule has 2 rings (SSSR count). The maximum atomic E-state index is 12.1. The molecular weight excluding hydrogens is 264 g/mol. The van der Waals surface area contributed by atoms with Gasteiger partial charge in [-0.2, -0.15) is 4.98 Å². The molecule has 1 aliphatic heterocycles. The molecule has 1 aromatic heterocycles. The molecule has 2 N–H and O–H groups in total. The van der Waals surface area contributed by atoms with Gasteiger partial charge in [0, 0.05) is 19.5 Å². The molecule has 0 aliphatic carbocycles. The second kappa shape index (κ2) is 5.89. The van der Waals surface area contributed by atoms with Gasteiger partial charge in [-0.25, -0.2) is 4.79 Å². The zero-order chi connectivity index (χ0) is 14.7. The van der Waals surface area contributed by atoms with Crippen LogP contribution >= 0.6 is 0 Å². The summed E-state index contributed by atoms with van der Waals surface area (Å²) in [5.74, 6) is -0.751. The lowest BCUT2D eigenvalue weighted by atomic mass is 9.91. The minimum absolute atomic E-state index is 0.0388. The second-order valence-electron chi connectivity index (χ2n) is 5.08. The predicted molar refractivity (Wildman–Crippen MR) is 69.2 cm³/mol. The first-order valence-corrected chi connectivity index (χ1v) is 6.61. The summed E-state index contributed by atoms with van der Waals surface area (Å²) in [6.07, 6.45) is 1.20. The number of anilines is 1. The van der Waals surface area contributed by atoms with Gasteiger partial charge in [-0.15, -0.1) is 0 Å². The van der Waals surface area contributed by atoms with E-state index in [4.69, 9.17) is 9.63 Å². The minimum Gasteiger partial charge on any atom is -0.481 e. The highest BCUT2D eigenvalue weighted by atomic mass is 16.5. The van der Waals surface area contributed by atoms with Crippen LogP contribution in [0.3, 0.4) is 0 Å². The predicted octanol–water partition coefficient (Wildman–Crippen LogP) is 1.21. The number of carbonyl (C=O) groups excluding carboxylic acids is 1. The van der Waals surface area contributed by atoms with Gasteiger partial charge in [-0.1, -0.05) is 19.0 Å². The number of carboxylic acids is 1. The molecule has 20 heavy (non-hydrogen) atoms. The van der Waals surface area contributed by atoms with Gasteiger partial charge >= 0.3 is 18.0 Å². The van der Waals surface area contributed by atoms with Crippen LogP contribution in [0, 0.1) is 11.8 Å². The number of nitrogens with zero attached hydrogens (tertiary/aromatic N) is 3. The quantitative estimate of drug-likeness (QED) is 0.862. The highest BCUT2D eigenvalue weighted by molar-refractivity contribution is 5.87. The summed E-state index contributed by atoms with van der Waals surface area (Å²) in [4.78, 5) is 28.6. The minimum atomic E-state index is -0.875. The summed E-state index contributed by atoms with van der Waals surface area (Å²) < 4.78 is 4.88. The van der Waals surface area contributed by atoms with E-state index < -0.39 is 17.9 Å². The average Bonchev–Trinajstić information content (AvgIpc) is 2.85. The highest BCUT2D eigenvalue weighted by Crippen LogP contribution is 2.22. The molecule has 0 aromatic carbocycles. The lowest BCUT2D eigenvalue weighted by Crippen LogP contribution is -2.47. The fraction of sp³-hybridized carbons (Fsp3) is 0.667. The number of rotatable bonds is 3. The standard InChI is InChI=1S/C12H18N4O4/c1-3-9-13-11(20-15-9)14-12(19)16-5-7(2)4-8(6-16)10(17)18/h7-8H,3-6H2,1-2H3,(H,17,18)(H,13,14,15,19). The molecule has 1 aromatic rings. The second-order valence-corrected chi connectivity index (χ2v) is 5.08. The molecule has 0 radical (unpaired) electrons. The number of nitrogens with one attached hydrogen (secondary N) is 1. The molecule has 2 unspecified atom stereocenters. The number of aliphatic carboxylic acids is 1. The number of urea groups is 1. The summed E-state index contributed by atoms with van der Waals surface area (Å²) in [7, 11) is 0. The molecule has 1 saturated heterocycles. The summed E-state index contributed by atoms with van der Waals surface area (Å²) in [6, 6.07) is -0.369. The third kappa shape index (κ3) is 3.25. The van der Waals surface area contributed by atoms with E-state index in [1.54, 1.807) is 0 Å². The van der Waals surface area contributed by atoms with Crippen LogP contribution in [0.25, 0.3) is 0 Å². The summed E-state index contributed by atoms with van der Waals surface area (Å²) in [5, 5.41) is 15.3. The SMILES string of the molecule is CCc1noc(NC(=O)N2CC(C)CC(C(=O)O)C2)n1. The van der Waals surface area contributed by atoms with Gasteiger partial charge in [-0.3, -0.25) is 10.1 Å². The van der Waals surface area contributed by atoms with Crippen LogP contribution in [-0.4, -0.2) is 45.2 Å². The lowest BCUT2D eigenvalue weighted by molar-refractivity contribution is -0.143. The summed E-state index contributed by atoms with van der Waals surface area (Å²) >= 11 is 0. The zero-order valence-electron chi connectivity index (χ0n) is 11.5. The van der Waals surface area contributed by atoms with Crippen LogP contribution in [0.2, 0.25) is 0 Å². The van der Waals surface area contributed by atoms with Crippen LogP contribution in [0.5, 0.6) is 0 Å². The van der Waals surface area contributed by atoms with E-state index in [0.717, 1.165) is 0 Å². The van der Waals surface area contributed by atoms with Gasteiger partial charge in [0.1, 0.15) is 0 Å². The highest BCUT2D eigenvalue weighted by Gasteiger charge is 2.32. The topological polar surface area (TPSA) is 109 Å². The third-order valence-corrected chi connectivity index (χ3v) is 3.29. The molecule has 2 amide bonds. The summed E-state index contributed by atoms with van der Waals surface area (Å²) in [5.41, 5.74) is 0. The van der Waals surface area contributed by atoms with Crippen molar-refractivity contribution >= 4 is 18.0 Å². The molecular formula is C12H18N4O4. The van der Waals surface area contributed by atoms with Crippen molar-refractivity contribution in [3.63, 3.8) is 0 Å². The van der Waals surface area contributed by atoms with Crippen LogP contribution < -0.4 is 5.32 Å². The molecule has 0 spiro atoms. The Kier molecular flexibility index (Phi) is 4.21. The first-order chi connectivity index (χ1) is 9.49. The Morgan fingerprint density at radius 3 is 2.85 bits per heavy atom. The first-order valence-electron chi connectivity index (χ1n) is 6.61. The van der Waals surface area contributed by atoms with Crippen molar-refractivity contribution < 1.29 is 19.2 Å². The maximum Gasteiger partial charge on any atom is 0.329 e. The molecule has 0 bridgehead atoms. The molecule has 1 fully saturated rings. The Bertz CT molecular complexity index is 501. The van der Waals surface area contributed by atoms with Crippen molar-refractivity contribution in [2.75, 3.05) is 18.4 Å². The monoisotopic (exact) mass is 282 g/mol. The molecule has 8 nitrogen and oxygen atoms in total. The van der Waals surface area contributed by atoms with E-state index in [1.807, 2.05) is 13.8 Å². The van der Waals surface area contributed by atoms with Crippen LogP contribution in [0.15, 0.2) is 4.52 Å². The normalized spacial score (nSPS) is 22.6. The fourth-order valence-corrected chi connectivity index (χ4v) is 2.32. The number of likely N-dealkylation sites (tertiary alicyclic amines) is 1. The average molecular weight is 282 g/mol. The maximum absolute atomic E-state index is 12.1. The Hall–Kier alpha value is -2.12. The largest absolute Gasteiger partial charge is 0.481 e. The Morgan fingerprint density at radius 2 is 2.25 bits per heavy atom. The number of amides is 2. The van der Waals surface area contributed by atoms with Gasteiger partial charge in [0.15, 0.2) is 5.82 Å². The Morgan fingerprint density at radius 1 is 1.50 bits per heavy atom. The summed E-state index contributed by atoms with van der Waals surface area (Å²) in [6.45, 7) is 4.52. The number of carbonyl (C=O) groups is 2. The van der Waals surface area contributed by atoms with Gasteiger partial charge in [0.05, 0.1) is 5.92 Å². The zero-order valence-corrected chi connectivity index (χ0v) is 11.5. The van der Waals surface area contributed by atoms with Crippen molar-refractivity contribution in [2.45, 2.75) is 26.7 Å². The van der Waals surface area contributed by atoms with E-state index >= 15 is 0 Å². The van der Waals surface area contributed by atoms with Gasteiger partial charge in [0.25, 0.3) is 0 Å². The Balaban J connectivity index is 1.99. The number of hydrogen-bond donors (Lipinski definition) is 2. The number of hydrogen-bond acceptors (Lipinski definition) is 5. The van der Waals surface area contributed by atoms with Crippen molar-refractivity contribution in [3.8, 4) is 0 Å². The van der Waals surface area contributed by atoms with Gasteiger partial charge < -0.3 is 14.5 Å². The van der Waals surface area contributed by atoms with Crippen LogP contribution in [0.1, 0.15) is 26.1 Å². The molecule has 2 heterocycles. The smallest absolute Gasteiger partial charge is 0.329 e. The van der Waals surface area contributed by atoms with Crippen LogP contribution in [-0.2, 0) is 11.2 Å². The van der Waals surface area contributed by atoms with Gasteiger partial charge in [-0.05, 0) is 12.3 Å². The van der Waals surface area contributed by atoms with Crippen molar-refractivity contribution in [1.82, 2.24) is 15.0 Å². The molecule has 110 valence electrons. The molecule has 2 atom stereocenters. The number of piperidine rings is 1. The van der Waals surface area contributed by atoms with E-state index in [9.17, 15) is 9.59 Å². The van der Waals surface area contributed by atoms with Crippen molar-refractivity contribution in [2.24, 2.45) is 11.8 Å². The van der Waals surface area contributed by atoms with E-state index in [1.165, 1.54) is 4.90 Å². The molecule has 0 saturated carbocycles. The fourth-order valence-electron chi connectivity index (χ4n) is 2.32. The Labute approximate surface area is 116 Å². The number of aryl methyl sites for hydroxylation is 1. The van der Waals surface area contributed by atoms with Crippen LogP contribution in [0.4, 0.5) is 10.8 Å². The van der Waals surface area contributed by atoms with Crippen molar-refractivity contribution in [3.05, 3.63) is 5.82 Å². The van der Waals surface area contributed by atoms with E-state index in [-0.39, 0.29) is 18.5 Å². The molecule has 8 heteroatoms. The number of carboxylic acid groups (broad SMARTS) is 1. The van der Waals surface area contributed by atoms with Crippen molar-refractivity contribution in [1.29, 1.82) is 0 Å². The first kappa shape index (κ1) is 14.3. The number of aromatic nitrogens is 2. The molecule has 1 aliphatic rings. The van der Waals surface area contributed by atoms with E-state index in [2.05, 4.69) is 15.5 Å². The third-order valence-electron chi connectivity index (χ3n) is 3.29.